The smallest absolute Gasteiger partial charge is 0.293 e. The lowest BCUT2D eigenvalue weighted by molar-refractivity contribution is -0.123. The Morgan fingerprint density at radius 1 is 1.13 bits per heavy atom. The Morgan fingerprint density at radius 2 is 1.87 bits per heavy atom. The van der Waals surface area contributed by atoms with Gasteiger partial charge >= 0.3 is 0 Å². The highest BCUT2D eigenvalue weighted by Crippen LogP contribution is 2.33. The van der Waals surface area contributed by atoms with Crippen molar-refractivity contribution >= 4 is 29.0 Å². The van der Waals surface area contributed by atoms with E-state index in [1.807, 2.05) is 0 Å². The van der Waals surface area contributed by atoms with Crippen LogP contribution in [0.4, 0.5) is 9.18 Å². The number of hydrogen-bond donors (Lipinski definition) is 1. The predicted octanol–water partition coefficient (Wildman–Crippen LogP) is 3.77. The zero-order valence-electron chi connectivity index (χ0n) is 11.9. The number of nitrogens with zero attached hydrogens (tertiary/aromatic N) is 1. The third-order valence-electron chi connectivity index (χ3n) is 3.30. The molecular formula is C17H12FNO3S. The second-order valence-corrected chi connectivity index (χ2v) is 5.98. The molecule has 0 aliphatic carbocycles. The molecule has 3 rings (SSSR count). The molecule has 1 aliphatic heterocycles. The molecule has 2 aromatic carbocycles. The van der Waals surface area contributed by atoms with Gasteiger partial charge in [-0.25, -0.2) is 4.39 Å². The van der Waals surface area contributed by atoms with Crippen LogP contribution >= 0.6 is 11.8 Å². The maximum Gasteiger partial charge on any atom is 0.293 e. The van der Waals surface area contributed by atoms with Gasteiger partial charge in [0, 0.05) is 0 Å². The van der Waals surface area contributed by atoms with Gasteiger partial charge in [0.1, 0.15) is 11.6 Å². The first-order chi connectivity index (χ1) is 11.0. The molecule has 6 heteroatoms. The van der Waals surface area contributed by atoms with Crippen LogP contribution in [0.5, 0.6) is 5.75 Å². The number of aromatic hydroxyl groups is 1. The van der Waals surface area contributed by atoms with E-state index in [0.29, 0.717) is 16.0 Å². The first kappa shape index (κ1) is 15.3. The molecule has 0 spiro atoms. The number of halogens is 1. The van der Waals surface area contributed by atoms with E-state index in [1.54, 1.807) is 18.2 Å². The van der Waals surface area contributed by atoms with Gasteiger partial charge in [-0.3, -0.25) is 14.5 Å². The molecule has 4 nitrogen and oxygen atoms in total. The number of rotatable bonds is 3. The van der Waals surface area contributed by atoms with Crippen molar-refractivity contribution in [2.24, 2.45) is 0 Å². The number of carbonyl (C=O) groups is 2. The summed E-state index contributed by atoms with van der Waals surface area (Å²) in [6.07, 6.45) is 1.56. The molecule has 1 aliphatic rings. The normalized spacial score (nSPS) is 16.4. The van der Waals surface area contributed by atoms with Crippen molar-refractivity contribution in [3.63, 3.8) is 0 Å². The SMILES string of the molecule is O=C1SC(=Cc2cccc(O)c2)C(=O)N1Cc1ccc(F)cc1. The maximum atomic E-state index is 12.9. The number of thioether (sulfide) groups is 1. The van der Waals surface area contributed by atoms with Gasteiger partial charge in [0.15, 0.2) is 0 Å². The van der Waals surface area contributed by atoms with Crippen molar-refractivity contribution in [1.29, 1.82) is 0 Å². The van der Waals surface area contributed by atoms with Gasteiger partial charge in [-0.2, -0.15) is 0 Å². The average Bonchev–Trinajstić information content (AvgIpc) is 2.77. The molecule has 0 bridgehead atoms. The third-order valence-corrected chi connectivity index (χ3v) is 4.20. The van der Waals surface area contributed by atoms with Crippen molar-refractivity contribution in [1.82, 2.24) is 4.90 Å². The molecule has 1 heterocycles. The predicted molar refractivity (Wildman–Crippen MR) is 86.0 cm³/mol. The van der Waals surface area contributed by atoms with Crippen molar-refractivity contribution in [2.45, 2.75) is 6.54 Å². The summed E-state index contributed by atoms with van der Waals surface area (Å²) in [5.74, 6) is -0.677. The summed E-state index contributed by atoms with van der Waals surface area (Å²) >= 11 is 0.848. The number of benzene rings is 2. The lowest BCUT2D eigenvalue weighted by atomic mass is 10.2. The first-order valence-corrected chi connectivity index (χ1v) is 7.63. The molecule has 0 atom stereocenters. The fourth-order valence-corrected chi connectivity index (χ4v) is 3.01. The summed E-state index contributed by atoms with van der Waals surface area (Å²) < 4.78 is 12.9. The van der Waals surface area contributed by atoms with Crippen LogP contribution in [0, 0.1) is 5.82 Å². The zero-order valence-corrected chi connectivity index (χ0v) is 12.7. The van der Waals surface area contributed by atoms with E-state index in [4.69, 9.17) is 0 Å². The Morgan fingerprint density at radius 3 is 2.57 bits per heavy atom. The second kappa shape index (κ2) is 6.26. The van der Waals surface area contributed by atoms with Crippen LogP contribution in [-0.2, 0) is 11.3 Å². The number of phenolic OH excluding ortho intramolecular Hbond substituents is 1. The van der Waals surface area contributed by atoms with E-state index in [2.05, 4.69) is 0 Å². The van der Waals surface area contributed by atoms with Gasteiger partial charge in [0.25, 0.3) is 11.1 Å². The fourth-order valence-electron chi connectivity index (χ4n) is 2.17. The number of imide groups is 1. The quantitative estimate of drug-likeness (QED) is 0.871. The summed E-state index contributed by atoms with van der Waals surface area (Å²) in [5, 5.41) is 9.08. The molecule has 0 radical (unpaired) electrons. The van der Waals surface area contributed by atoms with E-state index < -0.39 is 5.91 Å². The third kappa shape index (κ3) is 3.43. The van der Waals surface area contributed by atoms with Crippen LogP contribution in [-0.4, -0.2) is 21.2 Å². The van der Waals surface area contributed by atoms with E-state index in [0.717, 1.165) is 16.7 Å². The van der Waals surface area contributed by atoms with Crippen molar-refractivity contribution < 1.29 is 19.1 Å². The largest absolute Gasteiger partial charge is 0.508 e. The minimum absolute atomic E-state index is 0.0873. The van der Waals surface area contributed by atoms with Gasteiger partial charge in [0.05, 0.1) is 11.4 Å². The van der Waals surface area contributed by atoms with Crippen molar-refractivity contribution in [3.8, 4) is 5.75 Å². The van der Waals surface area contributed by atoms with Crippen LogP contribution in [0.3, 0.4) is 0 Å². The Hall–Kier alpha value is -2.60. The summed E-state index contributed by atoms with van der Waals surface area (Å²) in [6, 6.07) is 12.1. The summed E-state index contributed by atoms with van der Waals surface area (Å²) in [6.45, 7) is 0.0995. The average molecular weight is 329 g/mol. The lowest BCUT2D eigenvalue weighted by Gasteiger charge is -2.12. The molecule has 0 saturated carbocycles. The fraction of sp³-hybridized carbons (Fsp3) is 0.0588. The number of phenols is 1. The number of hydrogen-bond acceptors (Lipinski definition) is 4. The van der Waals surface area contributed by atoms with E-state index in [1.165, 1.54) is 36.4 Å². The summed E-state index contributed by atoms with van der Waals surface area (Å²) in [4.78, 5) is 25.8. The van der Waals surface area contributed by atoms with Crippen LogP contribution < -0.4 is 0 Å². The van der Waals surface area contributed by atoms with E-state index in [-0.39, 0.29) is 23.4 Å². The van der Waals surface area contributed by atoms with Crippen LogP contribution in [0.15, 0.2) is 53.4 Å². The minimum Gasteiger partial charge on any atom is -0.508 e. The van der Waals surface area contributed by atoms with Gasteiger partial charge in [-0.05, 0) is 53.2 Å². The topological polar surface area (TPSA) is 57.6 Å². The van der Waals surface area contributed by atoms with E-state index in [9.17, 15) is 19.1 Å². The van der Waals surface area contributed by atoms with Gasteiger partial charge < -0.3 is 5.11 Å². The van der Waals surface area contributed by atoms with Crippen molar-refractivity contribution in [2.75, 3.05) is 0 Å². The number of amides is 2. The van der Waals surface area contributed by atoms with Gasteiger partial charge in [-0.15, -0.1) is 0 Å². The highest BCUT2D eigenvalue weighted by Gasteiger charge is 2.34. The summed E-state index contributed by atoms with van der Waals surface area (Å²) in [5.41, 5.74) is 1.31. The molecule has 1 N–H and O–H groups in total. The molecule has 0 aromatic heterocycles. The standard InChI is InChI=1S/C17H12FNO3S/c18-13-6-4-11(5-7-13)10-19-16(21)15(23-17(19)22)9-12-2-1-3-14(20)8-12/h1-9,20H,10H2. The Kier molecular flexibility index (Phi) is 4.16. The monoisotopic (exact) mass is 329 g/mol. The highest BCUT2D eigenvalue weighted by atomic mass is 32.2. The molecular weight excluding hydrogens is 317 g/mol. The minimum atomic E-state index is -0.396. The molecule has 116 valence electrons. The second-order valence-electron chi connectivity index (χ2n) is 4.99. The molecule has 1 saturated heterocycles. The van der Waals surface area contributed by atoms with Crippen LogP contribution in [0.25, 0.3) is 6.08 Å². The van der Waals surface area contributed by atoms with Gasteiger partial charge in [0.2, 0.25) is 0 Å². The Bertz CT molecular complexity index is 802. The maximum absolute atomic E-state index is 12.9. The molecule has 2 aromatic rings. The molecule has 1 fully saturated rings. The molecule has 2 amide bonds. The lowest BCUT2D eigenvalue weighted by Crippen LogP contribution is -2.27. The summed E-state index contributed by atoms with van der Waals surface area (Å²) in [7, 11) is 0. The zero-order chi connectivity index (χ0) is 16.4. The van der Waals surface area contributed by atoms with Crippen molar-refractivity contribution in [3.05, 3.63) is 70.4 Å². The van der Waals surface area contributed by atoms with Crippen LogP contribution in [0.2, 0.25) is 0 Å². The molecule has 23 heavy (non-hydrogen) atoms. The van der Waals surface area contributed by atoms with Gasteiger partial charge in [-0.1, -0.05) is 24.3 Å². The van der Waals surface area contributed by atoms with E-state index >= 15 is 0 Å². The number of carbonyl (C=O) groups excluding carboxylic acids is 2. The first-order valence-electron chi connectivity index (χ1n) is 6.82. The Labute approximate surface area is 136 Å². The molecule has 0 unspecified atom stereocenters. The Balaban J connectivity index is 1.81. The van der Waals surface area contributed by atoms with Crippen LogP contribution in [0.1, 0.15) is 11.1 Å². The highest BCUT2D eigenvalue weighted by molar-refractivity contribution is 8.18.